The maximum Gasteiger partial charge on any atom is 0.241 e. The molecule has 14 heavy (non-hydrogen) atoms. The van der Waals surface area contributed by atoms with Crippen LogP contribution in [0.5, 0.6) is 0 Å². The Balaban J connectivity index is 2.99. The second-order valence-corrected chi connectivity index (χ2v) is 3.12. The van der Waals surface area contributed by atoms with E-state index in [0.717, 1.165) is 11.4 Å². The summed E-state index contributed by atoms with van der Waals surface area (Å²) < 4.78 is 0. The Morgan fingerprint density at radius 1 is 1.50 bits per heavy atom. The molecule has 1 N–H and O–H groups in total. The summed E-state index contributed by atoms with van der Waals surface area (Å²) in [6.07, 6.45) is 0. The number of amides is 1. The van der Waals surface area contributed by atoms with Crippen molar-refractivity contribution in [3.63, 3.8) is 0 Å². The number of benzene rings is 1. The zero-order chi connectivity index (χ0) is 10.6. The van der Waals surface area contributed by atoms with Gasteiger partial charge in [-0.2, -0.15) is 0 Å². The van der Waals surface area contributed by atoms with Crippen molar-refractivity contribution in [2.45, 2.75) is 0 Å². The van der Waals surface area contributed by atoms with E-state index < -0.39 is 0 Å². The van der Waals surface area contributed by atoms with Gasteiger partial charge in [-0.3, -0.25) is 4.79 Å². The van der Waals surface area contributed by atoms with Crippen LogP contribution in [0.4, 0.5) is 11.4 Å². The van der Waals surface area contributed by atoms with E-state index in [1.54, 1.807) is 11.9 Å². The molecule has 76 valence electrons. The summed E-state index contributed by atoms with van der Waals surface area (Å²) in [4.78, 5) is 12.9. The van der Waals surface area contributed by atoms with Crippen LogP contribution in [0.25, 0.3) is 0 Å². The minimum absolute atomic E-state index is 0.00541. The second kappa shape index (κ2) is 4.86. The van der Waals surface area contributed by atoms with Crippen molar-refractivity contribution in [3.05, 3.63) is 24.3 Å². The topological polar surface area (TPSA) is 32.3 Å². The Labute approximate surface area is 88.7 Å². The molecule has 0 spiro atoms. The van der Waals surface area contributed by atoms with Crippen LogP contribution in [-0.4, -0.2) is 25.9 Å². The molecule has 0 saturated heterocycles. The number of nitrogens with one attached hydrogen (secondary N) is 1. The number of carbonyl (C=O) groups excluding carboxylic acids is 1. The van der Waals surface area contributed by atoms with Crippen molar-refractivity contribution in [1.29, 1.82) is 0 Å². The molecule has 0 aliphatic rings. The monoisotopic (exact) mass is 212 g/mol. The Hall–Kier alpha value is -1.22. The average molecular weight is 213 g/mol. The lowest BCUT2D eigenvalue weighted by Crippen LogP contribution is -2.27. The van der Waals surface area contributed by atoms with Crippen LogP contribution >= 0.6 is 11.6 Å². The largest absolute Gasteiger partial charge is 0.386 e. The van der Waals surface area contributed by atoms with Gasteiger partial charge >= 0.3 is 0 Å². The van der Waals surface area contributed by atoms with Crippen molar-refractivity contribution in [3.8, 4) is 0 Å². The number of rotatable bonds is 3. The molecule has 0 bridgehead atoms. The van der Waals surface area contributed by atoms with Gasteiger partial charge in [-0.1, -0.05) is 12.1 Å². The van der Waals surface area contributed by atoms with Crippen LogP contribution < -0.4 is 10.2 Å². The fraction of sp³-hybridized carbons (Fsp3) is 0.300. The van der Waals surface area contributed by atoms with Gasteiger partial charge in [0, 0.05) is 14.1 Å². The van der Waals surface area contributed by atoms with E-state index in [-0.39, 0.29) is 11.8 Å². The van der Waals surface area contributed by atoms with Gasteiger partial charge in [0.15, 0.2) is 0 Å². The van der Waals surface area contributed by atoms with Gasteiger partial charge in [0.05, 0.1) is 11.4 Å². The van der Waals surface area contributed by atoms with Gasteiger partial charge in [0.25, 0.3) is 0 Å². The van der Waals surface area contributed by atoms with Crippen LogP contribution in [0.2, 0.25) is 0 Å². The lowest BCUT2D eigenvalue weighted by Gasteiger charge is -2.19. The second-order valence-electron chi connectivity index (χ2n) is 2.85. The highest BCUT2D eigenvalue weighted by Crippen LogP contribution is 2.23. The predicted octanol–water partition coefficient (Wildman–Crippen LogP) is 1.93. The van der Waals surface area contributed by atoms with Crippen molar-refractivity contribution in [2.75, 3.05) is 30.2 Å². The molecule has 1 aromatic carbocycles. The first-order valence-electron chi connectivity index (χ1n) is 4.30. The van der Waals surface area contributed by atoms with Crippen LogP contribution in [0, 0.1) is 0 Å². The number of hydrogen-bond donors (Lipinski definition) is 1. The molecule has 0 atom stereocenters. The molecule has 0 aliphatic heterocycles. The average Bonchev–Trinajstić information content (AvgIpc) is 2.26. The lowest BCUT2D eigenvalue weighted by atomic mass is 10.2. The maximum atomic E-state index is 11.3. The van der Waals surface area contributed by atoms with E-state index in [2.05, 4.69) is 5.32 Å². The van der Waals surface area contributed by atoms with Crippen molar-refractivity contribution >= 4 is 28.9 Å². The summed E-state index contributed by atoms with van der Waals surface area (Å²) in [6, 6.07) is 7.58. The van der Waals surface area contributed by atoms with Gasteiger partial charge in [-0.25, -0.2) is 0 Å². The number of alkyl halides is 1. The molecule has 1 rings (SSSR count). The standard InChI is InChI=1S/C10H13ClN2O/c1-12-8-5-3-4-6-9(8)13(2)10(14)7-11/h3-6,12H,7H2,1-2H3. The van der Waals surface area contributed by atoms with E-state index in [1.165, 1.54) is 0 Å². The smallest absolute Gasteiger partial charge is 0.241 e. The predicted molar refractivity (Wildman–Crippen MR) is 60.1 cm³/mol. The third-order valence-electron chi connectivity index (χ3n) is 2.02. The van der Waals surface area contributed by atoms with E-state index >= 15 is 0 Å². The number of hydrogen-bond acceptors (Lipinski definition) is 2. The summed E-state index contributed by atoms with van der Waals surface area (Å²) in [5.41, 5.74) is 1.74. The molecule has 1 aromatic rings. The van der Waals surface area contributed by atoms with Crippen molar-refractivity contribution in [1.82, 2.24) is 0 Å². The minimum atomic E-state index is -0.116. The zero-order valence-electron chi connectivity index (χ0n) is 8.25. The Kier molecular flexibility index (Phi) is 3.77. The molecule has 3 nitrogen and oxygen atoms in total. The summed E-state index contributed by atoms with van der Waals surface area (Å²) in [5, 5.41) is 3.02. The summed E-state index contributed by atoms with van der Waals surface area (Å²) in [7, 11) is 3.53. The fourth-order valence-electron chi connectivity index (χ4n) is 1.20. The van der Waals surface area contributed by atoms with Crippen LogP contribution in [0.1, 0.15) is 0 Å². The highest BCUT2D eigenvalue weighted by atomic mass is 35.5. The quantitative estimate of drug-likeness (QED) is 0.777. The highest BCUT2D eigenvalue weighted by Gasteiger charge is 2.11. The number of nitrogens with zero attached hydrogens (tertiary/aromatic N) is 1. The highest BCUT2D eigenvalue weighted by molar-refractivity contribution is 6.29. The Bertz CT molecular complexity index is 328. The van der Waals surface area contributed by atoms with E-state index in [0.29, 0.717) is 0 Å². The van der Waals surface area contributed by atoms with Gasteiger partial charge in [0.2, 0.25) is 5.91 Å². The molecule has 1 amide bonds. The van der Waals surface area contributed by atoms with E-state index in [9.17, 15) is 4.79 Å². The molecular formula is C10H13ClN2O. The number of halogens is 1. The van der Waals surface area contributed by atoms with Crippen molar-refractivity contribution < 1.29 is 4.79 Å². The number of para-hydroxylation sites is 2. The normalized spacial score (nSPS) is 9.64. The van der Waals surface area contributed by atoms with E-state index in [4.69, 9.17) is 11.6 Å². The van der Waals surface area contributed by atoms with Crippen LogP contribution in [0.3, 0.4) is 0 Å². The summed E-state index contributed by atoms with van der Waals surface area (Å²) in [5.74, 6) is -0.122. The van der Waals surface area contributed by atoms with E-state index in [1.807, 2.05) is 31.3 Å². The SMILES string of the molecule is CNc1ccccc1N(C)C(=O)CCl. The molecule has 0 unspecified atom stereocenters. The first kappa shape index (κ1) is 10.9. The lowest BCUT2D eigenvalue weighted by molar-refractivity contribution is -0.116. The molecule has 0 aliphatic carbocycles. The summed E-state index contributed by atoms with van der Waals surface area (Å²) in [6.45, 7) is 0. The minimum Gasteiger partial charge on any atom is -0.386 e. The first-order chi connectivity index (χ1) is 6.70. The molecule has 0 radical (unpaired) electrons. The van der Waals surface area contributed by atoms with Gasteiger partial charge < -0.3 is 10.2 Å². The van der Waals surface area contributed by atoms with Crippen molar-refractivity contribution in [2.24, 2.45) is 0 Å². The maximum absolute atomic E-state index is 11.3. The number of carbonyl (C=O) groups is 1. The zero-order valence-corrected chi connectivity index (χ0v) is 9.01. The van der Waals surface area contributed by atoms with Gasteiger partial charge in [0.1, 0.15) is 5.88 Å². The number of anilines is 2. The third kappa shape index (κ3) is 2.17. The molecule has 0 aromatic heterocycles. The molecule has 0 fully saturated rings. The molecular weight excluding hydrogens is 200 g/mol. The van der Waals surface area contributed by atoms with Crippen LogP contribution in [0.15, 0.2) is 24.3 Å². The van der Waals surface area contributed by atoms with Crippen LogP contribution in [-0.2, 0) is 4.79 Å². The molecule has 4 heteroatoms. The Morgan fingerprint density at radius 3 is 2.71 bits per heavy atom. The summed E-state index contributed by atoms with van der Waals surface area (Å²) >= 11 is 5.48. The molecule has 0 saturated carbocycles. The molecule has 0 heterocycles. The fourth-order valence-corrected chi connectivity index (χ4v) is 1.38. The third-order valence-corrected chi connectivity index (χ3v) is 2.25. The Morgan fingerprint density at radius 2 is 2.14 bits per heavy atom. The van der Waals surface area contributed by atoms with Gasteiger partial charge in [-0.15, -0.1) is 11.6 Å². The van der Waals surface area contributed by atoms with Gasteiger partial charge in [-0.05, 0) is 12.1 Å². The first-order valence-corrected chi connectivity index (χ1v) is 4.83.